The first-order valence-corrected chi connectivity index (χ1v) is 12.2. The Labute approximate surface area is 207 Å². The van der Waals surface area contributed by atoms with Gasteiger partial charge in [0.15, 0.2) is 0 Å². The van der Waals surface area contributed by atoms with Crippen LogP contribution in [0.2, 0.25) is 0 Å². The number of benzene rings is 2. The zero-order valence-corrected chi connectivity index (χ0v) is 21.3. The van der Waals surface area contributed by atoms with Crippen molar-refractivity contribution in [2.24, 2.45) is 0 Å². The van der Waals surface area contributed by atoms with Crippen molar-refractivity contribution in [2.45, 2.75) is 59.3 Å². The summed E-state index contributed by atoms with van der Waals surface area (Å²) in [5, 5.41) is 7.54. The number of anilines is 1. The SMILES string of the molecule is CCCCc1ccc(C(=O)N(CC)CC(=O)Nc2cc(C(C)(C)C)nn2-c2ccc(F)cc2)cc1. The van der Waals surface area contributed by atoms with Gasteiger partial charge in [-0.3, -0.25) is 9.59 Å². The van der Waals surface area contributed by atoms with Gasteiger partial charge in [-0.05, 0) is 61.7 Å². The second kappa shape index (κ2) is 11.3. The maximum absolute atomic E-state index is 13.4. The van der Waals surface area contributed by atoms with Crippen molar-refractivity contribution in [1.82, 2.24) is 14.7 Å². The zero-order chi connectivity index (χ0) is 25.6. The average molecular weight is 479 g/mol. The fourth-order valence-corrected chi connectivity index (χ4v) is 3.68. The second-order valence-electron chi connectivity index (χ2n) is 9.72. The number of aryl methyl sites for hydroxylation is 1. The largest absolute Gasteiger partial charge is 0.330 e. The topological polar surface area (TPSA) is 67.2 Å². The lowest BCUT2D eigenvalue weighted by molar-refractivity contribution is -0.116. The molecule has 3 aromatic rings. The van der Waals surface area contributed by atoms with E-state index in [-0.39, 0.29) is 29.6 Å². The molecule has 1 aromatic heterocycles. The van der Waals surface area contributed by atoms with E-state index < -0.39 is 0 Å². The van der Waals surface area contributed by atoms with Gasteiger partial charge in [0.2, 0.25) is 5.91 Å². The van der Waals surface area contributed by atoms with Gasteiger partial charge in [0.05, 0.1) is 11.4 Å². The van der Waals surface area contributed by atoms with Gasteiger partial charge in [-0.2, -0.15) is 5.10 Å². The van der Waals surface area contributed by atoms with Crippen molar-refractivity contribution in [3.8, 4) is 5.69 Å². The van der Waals surface area contributed by atoms with E-state index in [2.05, 4.69) is 17.3 Å². The number of unbranched alkanes of at least 4 members (excludes halogenated alkanes) is 1. The number of nitrogens with one attached hydrogen (secondary N) is 1. The Morgan fingerprint density at radius 1 is 1.03 bits per heavy atom. The molecule has 0 saturated carbocycles. The molecule has 7 heteroatoms. The monoisotopic (exact) mass is 478 g/mol. The Hall–Kier alpha value is -3.48. The minimum absolute atomic E-state index is 0.0909. The summed E-state index contributed by atoms with van der Waals surface area (Å²) in [6, 6.07) is 15.3. The van der Waals surface area contributed by atoms with Gasteiger partial charge in [0.25, 0.3) is 5.91 Å². The van der Waals surface area contributed by atoms with E-state index in [1.807, 2.05) is 58.0 Å². The Balaban J connectivity index is 1.76. The maximum Gasteiger partial charge on any atom is 0.254 e. The Morgan fingerprint density at radius 3 is 2.26 bits per heavy atom. The molecule has 0 spiro atoms. The number of likely N-dealkylation sites (N-methyl/N-ethyl adjacent to an activating group) is 1. The van der Waals surface area contributed by atoms with E-state index in [0.29, 0.717) is 23.6 Å². The highest BCUT2D eigenvalue weighted by Gasteiger charge is 2.23. The second-order valence-corrected chi connectivity index (χ2v) is 9.72. The first kappa shape index (κ1) is 26.1. The van der Waals surface area contributed by atoms with Crippen LogP contribution in [0.3, 0.4) is 0 Å². The van der Waals surface area contributed by atoms with Crippen molar-refractivity contribution < 1.29 is 14.0 Å². The fourth-order valence-electron chi connectivity index (χ4n) is 3.68. The molecule has 186 valence electrons. The number of amides is 2. The van der Waals surface area contributed by atoms with Crippen LogP contribution in [0.4, 0.5) is 10.2 Å². The van der Waals surface area contributed by atoms with Gasteiger partial charge in [0, 0.05) is 23.6 Å². The molecule has 1 N–H and O–H groups in total. The smallest absolute Gasteiger partial charge is 0.254 e. The highest BCUT2D eigenvalue weighted by molar-refractivity contribution is 5.99. The van der Waals surface area contributed by atoms with Gasteiger partial charge in [0.1, 0.15) is 18.2 Å². The first-order valence-electron chi connectivity index (χ1n) is 12.2. The number of carbonyl (C=O) groups excluding carboxylic acids is 2. The molecule has 0 atom stereocenters. The van der Waals surface area contributed by atoms with Crippen LogP contribution in [-0.4, -0.2) is 39.6 Å². The Morgan fingerprint density at radius 2 is 1.69 bits per heavy atom. The molecule has 0 fully saturated rings. The highest BCUT2D eigenvalue weighted by atomic mass is 19.1. The highest BCUT2D eigenvalue weighted by Crippen LogP contribution is 2.26. The van der Waals surface area contributed by atoms with Crippen molar-refractivity contribution >= 4 is 17.6 Å². The van der Waals surface area contributed by atoms with Crippen LogP contribution < -0.4 is 5.32 Å². The van der Waals surface area contributed by atoms with Crippen LogP contribution in [0.25, 0.3) is 5.69 Å². The molecule has 2 aromatic carbocycles. The van der Waals surface area contributed by atoms with Crippen LogP contribution in [0.5, 0.6) is 0 Å². The molecule has 0 aliphatic carbocycles. The van der Waals surface area contributed by atoms with E-state index in [4.69, 9.17) is 0 Å². The lowest BCUT2D eigenvalue weighted by Gasteiger charge is -2.20. The van der Waals surface area contributed by atoms with E-state index in [1.165, 1.54) is 22.6 Å². The standard InChI is InChI=1S/C28H35FN4O2/c1-6-8-9-20-10-12-21(13-11-20)27(35)32(7-2)19-26(34)30-25-18-24(28(3,4)5)31-33(25)23-16-14-22(29)15-17-23/h10-18H,6-9,19H2,1-5H3,(H,30,34). The Bertz CT molecular complexity index is 1150. The molecule has 0 radical (unpaired) electrons. The van der Waals surface area contributed by atoms with Crippen molar-refractivity contribution in [1.29, 1.82) is 0 Å². The third-order valence-corrected chi connectivity index (χ3v) is 5.84. The molecule has 0 aliphatic rings. The summed E-state index contributed by atoms with van der Waals surface area (Å²) >= 11 is 0. The predicted molar refractivity (Wildman–Crippen MR) is 137 cm³/mol. The molecule has 3 rings (SSSR count). The fraction of sp³-hybridized carbons (Fsp3) is 0.393. The Kier molecular flexibility index (Phi) is 8.43. The van der Waals surface area contributed by atoms with Gasteiger partial charge in [-0.1, -0.05) is 46.2 Å². The van der Waals surface area contributed by atoms with Crippen LogP contribution in [0.15, 0.2) is 54.6 Å². The normalized spacial score (nSPS) is 11.4. The molecule has 35 heavy (non-hydrogen) atoms. The van der Waals surface area contributed by atoms with Gasteiger partial charge >= 0.3 is 0 Å². The lowest BCUT2D eigenvalue weighted by atomic mass is 9.92. The molecular weight excluding hydrogens is 443 g/mol. The number of aromatic nitrogens is 2. The van der Waals surface area contributed by atoms with Crippen molar-refractivity contribution in [2.75, 3.05) is 18.4 Å². The third-order valence-electron chi connectivity index (χ3n) is 5.84. The van der Waals surface area contributed by atoms with Gasteiger partial charge in [-0.15, -0.1) is 0 Å². The molecule has 0 bridgehead atoms. The maximum atomic E-state index is 13.4. The summed E-state index contributed by atoms with van der Waals surface area (Å²) in [6.45, 7) is 10.4. The molecule has 2 amide bonds. The summed E-state index contributed by atoms with van der Waals surface area (Å²) in [7, 11) is 0. The number of rotatable bonds is 9. The molecule has 0 unspecified atom stereocenters. The average Bonchev–Trinajstić information content (AvgIpc) is 3.26. The van der Waals surface area contributed by atoms with E-state index in [1.54, 1.807) is 16.8 Å². The summed E-state index contributed by atoms with van der Waals surface area (Å²) in [5.74, 6) is -0.399. The molecule has 6 nitrogen and oxygen atoms in total. The summed E-state index contributed by atoms with van der Waals surface area (Å²) in [6.07, 6.45) is 3.22. The molecule has 1 heterocycles. The van der Waals surface area contributed by atoms with Crippen molar-refractivity contribution in [3.05, 3.63) is 77.2 Å². The van der Waals surface area contributed by atoms with E-state index in [0.717, 1.165) is 25.0 Å². The number of halogens is 1. The van der Waals surface area contributed by atoms with E-state index in [9.17, 15) is 14.0 Å². The minimum Gasteiger partial charge on any atom is -0.330 e. The summed E-state index contributed by atoms with van der Waals surface area (Å²) in [4.78, 5) is 27.5. The number of carbonyl (C=O) groups is 2. The number of hydrogen-bond donors (Lipinski definition) is 1. The zero-order valence-electron chi connectivity index (χ0n) is 21.3. The summed E-state index contributed by atoms with van der Waals surface area (Å²) < 4.78 is 15.0. The van der Waals surface area contributed by atoms with Gasteiger partial charge < -0.3 is 10.2 Å². The van der Waals surface area contributed by atoms with Crippen LogP contribution in [0, 0.1) is 5.82 Å². The quantitative estimate of drug-likeness (QED) is 0.426. The van der Waals surface area contributed by atoms with Gasteiger partial charge in [-0.25, -0.2) is 9.07 Å². The van der Waals surface area contributed by atoms with Crippen LogP contribution in [0.1, 0.15) is 69.1 Å². The molecular formula is C28H35FN4O2. The first-order chi connectivity index (χ1) is 16.6. The molecule has 0 aliphatic heterocycles. The predicted octanol–water partition coefficient (Wildman–Crippen LogP) is 5.75. The van der Waals surface area contributed by atoms with Crippen LogP contribution >= 0.6 is 0 Å². The minimum atomic E-state index is -0.349. The summed E-state index contributed by atoms with van der Waals surface area (Å²) in [5.41, 5.74) is 2.92. The van der Waals surface area contributed by atoms with Crippen LogP contribution in [-0.2, 0) is 16.6 Å². The van der Waals surface area contributed by atoms with E-state index >= 15 is 0 Å². The lowest BCUT2D eigenvalue weighted by Crippen LogP contribution is -2.38. The number of hydrogen-bond acceptors (Lipinski definition) is 3. The van der Waals surface area contributed by atoms with Crippen molar-refractivity contribution in [3.63, 3.8) is 0 Å². The molecule has 0 saturated heterocycles. The number of nitrogens with zero attached hydrogens (tertiary/aromatic N) is 3. The third kappa shape index (κ3) is 6.78.